The second-order valence-electron chi connectivity index (χ2n) is 3.67. The highest BCUT2D eigenvalue weighted by molar-refractivity contribution is 6.32. The molecule has 2 rings (SSSR count). The van der Waals surface area contributed by atoms with E-state index in [2.05, 4.69) is 10.4 Å². The minimum Gasteiger partial charge on any atom is -0.452 e. The first-order chi connectivity index (χ1) is 8.09. The van der Waals surface area contributed by atoms with Gasteiger partial charge in [0.05, 0.1) is 18.0 Å². The normalized spacial score (nSPS) is 10.5. The minimum absolute atomic E-state index is 0.102. The Morgan fingerprint density at radius 1 is 1.65 bits per heavy atom. The number of rotatable bonds is 3. The monoisotopic (exact) mass is 253 g/mol. The topological polar surface area (TPSA) is 60.1 Å². The van der Waals surface area contributed by atoms with Crippen molar-refractivity contribution in [2.24, 2.45) is 7.05 Å². The van der Waals surface area contributed by atoms with Crippen LogP contribution in [0.15, 0.2) is 22.9 Å². The molecule has 0 aromatic carbocycles. The zero-order valence-electron chi connectivity index (χ0n) is 9.53. The average molecular weight is 254 g/mol. The molecule has 0 fully saturated rings. The Balaban J connectivity index is 2.02. The summed E-state index contributed by atoms with van der Waals surface area (Å²) >= 11 is 5.71. The average Bonchev–Trinajstić information content (AvgIpc) is 2.85. The van der Waals surface area contributed by atoms with E-state index in [1.807, 2.05) is 14.0 Å². The van der Waals surface area contributed by atoms with Gasteiger partial charge < -0.3 is 9.73 Å². The molecule has 0 aliphatic carbocycles. The lowest BCUT2D eigenvalue weighted by Crippen LogP contribution is -2.22. The third-order valence-electron chi connectivity index (χ3n) is 2.64. The molecule has 0 saturated heterocycles. The minimum atomic E-state index is -0.257. The van der Waals surface area contributed by atoms with Gasteiger partial charge in [-0.2, -0.15) is 5.10 Å². The summed E-state index contributed by atoms with van der Waals surface area (Å²) in [5.74, 6) is -0.257. The zero-order valence-corrected chi connectivity index (χ0v) is 10.3. The molecule has 0 bridgehead atoms. The van der Waals surface area contributed by atoms with E-state index < -0.39 is 0 Å². The van der Waals surface area contributed by atoms with Gasteiger partial charge >= 0.3 is 0 Å². The van der Waals surface area contributed by atoms with Crippen LogP contribution in [0.4, 0.5) is 0 Å². The molecule has 0 aliphatic rings. The molecule has 90 valence electrons. The molecule has 6 heteroatoms. The van der Waals surface area contributed by atoms with Crippen LogP contribution in [0.2, 0.25) is 5.22 Å². The van der Waals surface area contributed by atoms with E-state index >= 15 is 0 Å². The van der Waals surface area contributed by atoms with Crippen molar-refractivity contribution >= 4 is 17.5 Å². The first kappa shape index (κ1) is 11.7. The molecule has 0 radical (unpaired) electrons. The standard InChI is InChI=1S/C11H12ClN3O2/c1-7-8(6-14-15(7)2)5-13-11(16)9-3-4-17-10(9)12/h3-4,6H,5H2,1-2H3,(H,13,16). The van der Waals surface area contributed by atoms with Crippen LogP contribution in [0.1, 0.15) is 21.6 Å². The van der Waals surface area contributed by atoms with Gasteiger partial charge in [0.15, 0.2) is 0 Å². The third-order valence-corrected chi connectivity index (χ3v) is 2.93. The number of nitrogens with one attached hydrogen (secondary N) is 1. The van der Waals surface area contributed by atoms with Crippen LogP contribution >= 0.6 is 11.6 Å². The molecule has 5 nitrogen and oxygen atoms in total. The quantitative estimate of drug-likeness (QED) is 0.909. The molecule has 1 N–H and O–H groups in total. The number of carbonyl (C=O) groups is 1. The van der Waals surface area contributed by atoms with Gasteiger partial charge in [-0.1, -0.05) is 0 Å². The highest BCUT2D eigenvalue weighted by Crippen LogP contribution is 2.16. The second-order valence-corrected chi connectivity index (χ2v) is 4.01. The molecule has 0 saturated carbocycles. The lowest BCUT2D eigenvalue weighted by molar-refractivity contribution is 0.0950. The van der Waals surface area contributed by atoms with Crippen LogP contribution in [0.5, 0.6) is 0 Å². The van der Waals surface area contributed by atoms with Gasteiger partial charge in [-0.3, -0.25) is 9.48 Å². The first-order valence-corrected chi connectivity index (χ1v) is 5.46. The summed E-state index contributed by atoms with van der Waals surface area (Å²) < 4.78 is 6.61. The van der Waals surface area contributed by atoms with Crippen LogP contribution < -0.4 is 5.32 Å². The van der Waals surface area contributed by atoms with E-state index in [9.17, 15) is 4.79 Å². The molecular formula is C11H12ClN3O2. The Morgan fingerprint density at radius 2 is 2.41 bits per heavy atom. The van der Waals surface area contributed by atoms with E-state index in [1.165, 1.54) is 12.3 Å². The molecule has 0 unspecified atom stereocenters. The van der Waals surface area contributed by atoms with Gasteiger partial charge in [0, 0.05) is 24.8 Å². The summed E-state index contributed by atoms with van der Waals surface area (Å²) in [4.78, 5) is 11.7. The lowest BCUT2D eigenvalue weighted by atomic mass is 10.2. The molecule has 2 aromatic heterocycles. The number of hydrogen-bond donors (Lipinski definition) is 1. The Hall–Kier alpha value is -1.75. The number of aryl methyl sites for hydroxylation is 1. The van der Waals surface area contributed by atoms with E-state index in [-0.39, 0.29) is 11.1 Å². The smallest absolute Gasteiger partial charge is 0.256 e. The number of carbonyl (C=O) groups excluding carboxylic acids is 1. The summed E-state index contributed by atoms with van der Waals surface area (Å²) in [7, 11) is 1.85. The summed E-state index contributed by atoms with van der Waals surface area (Å²) in [5.41, 5.74) is 2.33. The van der Waals surface area contributed by atoms with E-state index in [4.69, 9.17) is 16.0 Å². The van der Waals surface area contributed by atoms with Gasteiger partial charge in [-0.05, 0) is 24.6 Å². The van der Waals surface area contributed by atoms with Gasteiger partial charge in [0.1, 0.15) is 0 Å². The predicted octanol–water partition coefficient (Wildman–Crippen LogP) is 1.90. The van der Waals surface area contributed by atoms with E-state index in [0.29, 0.717) is 12.1 Å². The van der Waals surface area contributed by atoms with E-state index in [1.54, 1.807) is 10.9 Å². The van der Waals surface area contributed by atoms with Crippen LogP contribution in [0, 0.1) is 6.92 Å². The van der Waals surface area contributed by atoms with Crippen molar-refractivity contribution < 1.29 is 9.21 Å². The predicted molar refractivity (Wildman–Crippen MR) is 62.8 cm³/mol. The van der Waals surface area contributed by atoms with Crippen molar-refractivity contribution in [3.05, 3.63) is 40.6 Å². The fourth-order valence-corrected chi connectivity index (χ4v) is 1.64. The summed E-state index contributed by atoms with van der Waals surface area (Å²) in [6, 6.07) is 1.54. The fourth-order valence-electron chi connectivity index (χ4n) is 1.44. The van der Waals surface area contributed by atoms with Crippen molar-refractivity contribution in [1.82, 2.24) is 15.1 Å². The van der Waals surface area contributed by atoms with Gasteiger partial charge in [0.25, 0.3) is 5.91 Å². The van der Waals surface area contributed by atoms with Gasteiger partial charge in [0.2, 0.25) is 5.22 Å². The summed E-state index contributed by atoms with van der Waals surface area (Å²) in [6.07, 6.45) is 3.11. The van der Waals surface area contributed by atoms with Crippen LogP contribution in [0.3, 0.4) is 0 Å². The molecule has 0 atom stereocenters. The highest BCUT2D eigenvalue weighted by Gasteiger charge is 2.13. The molecule has 0 spiro atoms. The Labute approximate surface area is 103 Å². The molecule has 2 aromatic rings. The lowest BCUT2D eigenvalue weighted by Gasteiger charge is -2.03. The summed E-state index contributed by atoms with van der Waals surface area (Å²) in [5, 5.41) is 6.96. The van der Waals surface area contributed by atoms with Crippen molar-refractivity contribution in [2.75, 3.05) is 0 Å². The Morgan fingerprint density at radius 3 is 2.94 bits per heavy atom. The number of halogens is 1. The fraction of sp³-hybridized carbons (Fsp3) is 0.273. The summed E-state index contributed by atoms with van der Waals surface area (Å²) in [6.45, 7) is 2.36. The Kier molecular flexibility index (Phi) is 3.19. The SMILES string of the molecule is Cc1c(CNC(=O)c2ccoc2Cl)cnn1C. The van der Waals surface area contributed by atoms with Crippen molar-refractivity contribution in [3.8, 4) is 0 Å². The number of amides is 1. The van der Waals surface area contributed by atoms with Crippen LogP contribution in [-0.2, 0) is 13.6 Å². The van der Waals surface area contributed by atoms with Gasteiger partial charge in [-0.25, -0.2) is 0 Å². The highest BCUT2D eigenvalue weighted by atomic mass is 35.5. The Bertz CT molecular complexity index is 545. The molecule has 2 heterocycles. The van der Waals surface area contributed by atoms with Crippen LogP contribution in [0.25, 0.3) is 0 Å². The molecular weight excluding hydrogens is 242 g/mol. The first-order valence-electron chi connectivity index (χ1n) is 5.08. The number of nitrogens with zero attached hydrogens (tertiary/aromatic N) is 2. The van der Waals surface area contributed by atoms with Crippen molar-refractivity contribution in [3.63, 3.8) is 0 Å². The number of aromatic nitrogens is 2. The molecule has 1 amide bonds. The number of hydrogen-bond acceptors (Lipinski definition) is 3. The third kappa shape index (κ3) is 2.34. The molecule has 0 aliphatic heterocycles. The zero-order chi connectivity index (χ0) is 12.4. The number of furan rings is 1. The van der Waals surface area contributed by atoms with Gasteiger partial charge in [-0.15, -0.1) is 0 Å². The maximum Gasteiger partial charge on any atom is 0.256 e. The maximum absolute atomic E-state index is 11.7. The largest absolute Gasteiger partial charge is 0.452 e. The maximum atomic E-state index is 11.7. The second kappa shape index (κ2) is 4.63. The van der Waals surface area contributed by atoms with Crippen LogP contribution in [-0.4, -0.2) is 15.7 Å². The molecule has 17 heavy (non-hydrogen) atoms. The van der Waals surface area contributed by atoms with E-state index in [0.717, 1.165) is 11.3 Å². The van der Waals surface area contributed by atoms with Crippen molar-refractivity contribution in [1.29, 1.82) is 0 Å². The van der Waals surface area contributed by atoms with Crippen molar-refractivity contribution in [2.45, 2.75) is 13.5 Å².